The molecule has 0 spiro atoms. The van der Waals surface area contributed by atoms with Crippen molar-refractivity contribution in [2.75, 3.05) is 10.2 Å². The Labute approximate surface area is 197 Å². The molecule has 3 aromatic rings. The summed E-state index contributed by atoms with van der Waals surface area (Å²) in [6, 6.07) is 24.6. The van der Waals surface area contributed by atoms with E-state index in [1.807, 2.05) is 24.3 Å². The first-order valence-electron chi connectivity index (χ1n) is 10.9. The highest BCUT2D eigenvalue weighted by atomic mass is 16.2. The molecule has 0 saturated heterocycles. The third-order valence-electron chi connectivity index (χ3n) is 6.02. The van der Waals surface area contributed by atoms with Crippen molar-refractivity contribution in [2.24, 2.45) is 5.92 Å². The number of allylic oxidation sites excluding steroid dienone is 1. The van der Waals surface area contributed by atoms with Crippen LogP contribution < -0.4 is 10.2 Å². The molecule has 0 bridgehead atoms. The van der Waals surface area contributed by atoms with Gasteiger partial charge in [-0.25, -0.2) is 0 Å². The molecule has 1 N–H and O–H groups in total. The summed E-state index contributed by atoms with van der Waals surface area (Å²) >= 11 is 0. The first kappa shape index (κ1) is 22.9. The fourth-order valence-electron chi connectivity index (χ4n) is 4.43. The van der Waals surface area contributed by atoms with Crippen LogP contribution in [0.15, 0.2) is 96.2 Å². The summed E-state index contributed by atoms with van der Waals surface area (Å²) < 4.78 is 0. The Morgan fingerprint density at radius 2 is 1.47 bits per heavy atom. The molecule has 170 valence electrons. The third-order valence-corrected chi connectivity index (χ3v) is 6.02. The molecule has 6 heteroatoms. The average Bonchev–Trinajstić information content (AvgIpc) is 2.84. The zero-order valence-corrected chi connectivity index (χ0v) is 18.9. The van der Waals surface area contributed by atoms with Gasteiger partial charge in [0.25, 0.3) is 5.91 Å². The number of para-hydroxylation sites is 2. The van der Waals surface area contributed by atoms with E-state index in [0.29, 0.717) is 33.8 Å². The fourth-order valence-corrected chi connectivity index (χ4v) is 4.43. The number of Topliss-reactive ketones (excluding diaryl/α,β-unsaturated/α-hetero) is 1. The Balaban J connectivity index is 1.92. The van der Waals surface area contributed by atoms with Gasteiger partial charge in [-0.3, -0.25) is 24.1 Å². The normalized spacial score (nSPS) is 17.9. The van der Waals surface area contributed by atoms with E-state index in [4.69, 9.17) is 0 Å². The summed E-state index contributed by atoms with van der Waals surface area (Å²) in [4.78, 5) is 52.8. The van der Waals surface area contributed by atoms with Gasteiger partial charge in [-0.2, -0.15) is 0 Å². The summed E-state index contributed by atoms with van der Waals surface area (Å²) in [5.74, 6) is -3.02. The van der Waals surface area contributed by atoms with Gasteiger partial charge in [0, 0.05) is 34.1 Å². The molecule has 1 aliphatic rings. The molecule has 2 atom stereocenters. The molecule has 0 unspecified atom stereocenters. The molecule has 4 rings (SSSR count). The van der Waals surface area contributed by atoms with Crippen molar-refractivity contribution in [3.8, 4) is 0 Å². The highest BCUT2D eigenvalue weighted by molar-refractivity contribution is 6.16. The highest BCUT2D eigenvalue weighted by Crippen LogP contribution is 2.43. The first-order chi connectivity index (χ1) is 16.4. The van der Waals surface area contributed by atoms with E-state index in [-0.39, 0.29) is 5.78 Å². The van der Waals surface area contributed by atoms with Crippen molar-refractivity contribution < 1.29 is 19.2 Å². The number of carbonyl (C=O) groups is 4. The smallest absolute Gasteiger partial charge is 0.254 e. The second-order valence-corrected chi connectivity index (χ2v) is 8.18. The van der Waals surface area contributed by atoms with Crippen LogP contribution in [0, 0.1) is 5.92 Å². The number of aldehydes is 1. The number of carbonyl (C=O) groups excluding carboxylic acids is 4. The lowest BCUT2D eigenvalue weighted by Crippen LogP contribution is -2.48. The zero-order valence-electron chi connectivity index (χ0n) is 18.9. The Morgan fingerprint density at radius 3 is 2.03 bits per heavy atom. The van der Waals surface area contributed by atoms with Crippen LogP contribution in [0.5, 0.6) is 0 Å². The number of hydrogen-bond acceptors (Lipinski definition) is 4. The molecule has 1 heterocycles. The Kier molecular flexibility index (Phi) is 6.50. The van der Waals surface area contributed by atoms with E-state index >= 15 is 0 Å². The molecule has 0 aromatic heterocycles. The maximum absolute atomic E-state index is 13.7. The molecular weight excluding hydrogens is 428 g/mol. The van der Waals surface area contributed by atoms with Crippen LogP contribution in [0.4, 0.5) is 11.4 Å². The van der Waals surface area contributed by atoms with Crippen LogP contribution in [0.3, 0.4) is 0 Å². The molecule has 2 amide bonds. The lowest BCUT2D eigenvalue weighted by Gasteiger charge is -2.39. The number of hydrogen-bond donors (Lipinski definition) is 1. The molecule has 0 radical (unpaired) electrons. The van der Waals surface area contributed by atoms with E-state index in [2.05, 4.69) is 5.32 Å². The van der Waals surface area contributed by atoms with Gasteiger partial charge in [0.1, 0.15) is 18.0 Å². The summed E-state index contributed by atoms with van der Waals surface area (Å²) in [5, 5.41) is 2.91. The van der Waals surface area contributed by atoms with Crippen LogP contribution in [-0.2, 0) is 14.4 Å². The standard InChI is InChI=1S/C28H24N2O4/c1-18-24(27(33)29-22-9-5-3-6-10-22)26(21-15-13-20(17-31)14-16-21)25(19(2)32)28(34)30(18)23-11-7-4-8-12-23/h3-17,25-26H,1-2H3,(H,29,33)/t25-,26+/m1/s1. The van der Waals surface area contributed by atoms with E-state index in [0.717, 1.165) is 6.29 Å². The maximum atomic E-state index is 13.7. The second-order valence-electron chi connectivity index (χ2n) is 8.18. The van der Waals surface area contributed by atoms with E-state index in [9.17, 15) is 19.2 Å². The Morgan fingerprint density at radius 1 is 0.882 bits per heavy atom. The number of amides is 2. The largest absolute Gasteiger partial charge is 0.322 e. The minimum Gasteiger partial charge on any atom is -0.322 e. The lowest BCUT2D eigenvalue weighted by atomic mass is 9.74. The van der Waals surface area contributed by atoms with Crippen molar-refractivity contribution >= 4 is 35.3 Å². The second kappa shape index (κ2) is 9.67. The van der Waals surface area contributed by atoms with Crippen LogP contribution in [0.25, 0.3) is 0 Å². The van der Waals surface area contributed by atoms with Crippen LogP contribution in [0.1, 0.15) is 35.7 Å². The topological polar surface area (TPSA) is 83.6 Å². The number of nitrogens with zero attached hydrogens (tertiary/aromatic N) is 1. The molecule has 6 nitrogen and oxygen atoms in total. The Bertz CT molecular complexity index is 1260. The average molecular weight is 453 g/mol. The minimum atomic E-state index is -1.09. The van der Waals surface area contributed by atoms with Crippen LogP contribution >= 0.6 is 0 Å². The monoisotopic (exact) mass is 452 g/mol. The Hall–Kier alpha value is -4.32. The summed E-state index contributed by atoms with van der Waals surface area (Å²) in [5.41, 5.74) is 3.04. The quantitative estimate of drug-likeness (QED) is 0.432. The maximum Gasteiger partial charge on any atom is 0.254 e. The highest BCUT2D eigenvalue weighted by Gasteiger charge is 2.46. The van der Waals surface area contributed by atoms with Crippen molar-refractivity contribution in [3.05, 3.63) is 107 Å². The number of ketones is 1. The molecule has 1 aliphatic heterocycles. The number of rotatable bonds is 6. The fraction of sp³-hybridized carbons (Fsp3) is 0.143. The van der Waals surface area contributed by atoms with Gasteiger partial charge >= 0.3 is 0 Å². The van der Waals surface area contributed by atoms with Gasteiger partial charge in [-0.1, -0.05) is 60.7 Å². The molecule has 3 aromatic carbocycles. The molecule has 34 heavy (non-hydrogen) atoms. The van der Waals surface area contributed by atoms with Gasteiger partial charge in [-0.05, 0) is 43.7 Å². The van der Waals surface area contributed by atoms with E-state index in [1.165, 1.54) is 11.8 Å². The zero-order chi connectivity index (χ0) is 24.2. The van der Waals surface area contributed by atoms with Crippen molar-refractivity contribution in [3.63, 3.8) is 0 Å². The van der Waals surface area contributed by atoms with Gasteiger partial charge in [0.05, 0.1) is 0 Å². The molecule has 0 fully saturated rings. The van der Waals surface area contributed by atoms with Crippen molar-refractivity contribution in [1.82, 2.24) is 0 Å². The third kappa shape index (κ3) is 4.30. The van der Waals surface area contributed by atoms with Gasteiger partial charge in [0.15, 0.2) is 0 Å². The molecule has 0 saturated carbocycles. The van der Waals surface area contributed by atoms with E-state index < -0.39 is 23.7 Å². The van der Waals surface area contributed by atoms with E-state index in [1.54, 1.807) is 67.6 Å². The predicted molar refractivity (Wildman–Crippen MR) is 130 cm³/mol. The molecular formula is C28H24N2O4. The van der Waals surface area contributed by atoms with Crippen molar-refractivity contribution in [1.29, 1.82) is 0 Å². The number of anilines is 2. The van der Waals surface area contributed by atoms with Gasteiger partial charge in [-0.15, -0.1) is 0 Å². The number of nitrogens with one attached hydrogen (secondary N) is 1. The summed E-state index contributed by atoms with van der Waals surface area (Å²) in [6.07, 6.45) is 0.722. The lowest BCUT2D eigenvalue weighted by molar-refractivity contribution is -0.132. The summed E-state index contributed by atoms with van der Waals surface area (Å²) in [6.45, 7) is 3.08. The first-order valence-corrected chi connectivity index (χ1v) is 10.9. The van der Waals surface area contributed by atoms with Crippen LogP contribution in [-0.4, -0.2) is 23.9 Å². The van der Waals surface area contributed by atoms with Gasteiger partial charge < -0.3 is 5.32 Å². The SMILES string of the molecule is CC(=O)[C@H]1C(=O)N(c2ccccc2)C(C)=C(C(=O)Nc2ccccc2)[C@@H]1c1ccc(C=O)cc1. The van der Waals surface area contributed by atoms with Crippen molar-refractivity contribution in [2.45, 2.75) is 19.8 Å². The predicted octanol–water partition coefficient (Wildman–Crippen LogP) is 4.75. The molecule has 0 aliphatic carbocycles. The summed E-state index contributed by atoms with van der Waals surface area (Å²) in [7, 11) is 0. The minimum absolute atomic E-state index is 0.325. The number of benzene rings is 3. The van der Waals surface area contributed by atoms with Crippen LogP contribution in [0.2, 0.25) is 0 Å². The van der Waals surface area contributed by atoms with Gasteiger partial charge in [0.2, 0.25) is 5.91 Å².